The van der Waals surface area contributed by atoms with Gasteiger partial charge in [0.05, 0.1) is 17.1 Å². The molecule has 2 aromatic carbocycles. The number of para-hydroxylation sites is 1. The van der Waals surface area contributed by atoms with E-state index in [4.69, 9.17) is 0 Å². The lowest BCUT2D eigenvalue weighted by molar-refractivity contribution is 0.985. The zero-order valence-electron chi connectivity index (χ0n) is 14.3. The molecule has 0 atom stereocenters. The molecule has 0 aliphatic carbocycles. The minimum absolute atomic E-state index is 0.240. The molecule has 0 fully saturated rings. The zero-order chi connectivity index (χ0) is 18.8. The minimum Gasteiger partial charge on any atom is -0.300 e. The normalized spacial score (nSPS) is 11.3. The van der Waals surface area contributed by atoms with E-state index < -0.39 is 0 Å². The largest absolute Gasteiger partial charge is 0.348 e. The molecule has 0 spiro atoms. The van der Waals surface area contributed by atoms with Crippen molar-refractivity contribution in [1.82, 2.24) is 25.0 Å². The molecular formula is C18H15N7O2. The molecule has 0 saturated carbocycles. The maximum absolute atomic E-state index is 12.2. The molecule has 0 unspecified atom stereocenters. The van der Waals surface area contributed by atoms with E-state index in [1.54, 1.807) is 31.2 Å². The Kier molecular flexibility index (Phi) is 4.09. The summed E-state index contributed by atoms with van der Waals surface area (Å²) < 4.78 is 1.50. The van der Waals surface area contributed by atoms with Gasteiger partial charge in [0.25, 0.3) is 5.56 Å². The monoisotopic (exact) mass is 361 g/mol. The van der Waals surface area contributed by atoms with Crippen LogP contribution in [-0.4, -0.2) is 25.0 Å². The predicted molar refractivity (Wildman–Crippen MR) is 99.9 cm³/mol. The molecule has 0 saturated heterocycles. The number of benzene rings is 2. The molecule has 4 aromatic rings. The summed E-state index contributed by atoms with van der Waals surface area (Å²) in [6.07, 6.45) is 0. The van der Waals surface area contributed by atoms with Gasteiger partial charge in [-0.3, -0.25) is 9.89 Å². The number of aromatic nitrogens is 5. The molecule has 0 amide bonds. The first-order chi connectivity index (χ1) is 13.1. The van der Waals surface area contributed by atoms with Crippen molar-refractivity contribution in [2.45, 2.75) is 6.92 Å². The van der Waals surface area contributed by atoms with Crippen LogP contribution in [0.2, 0.25) is 0 Å². The quantitative estimate of drug-likeness (QED) is 0.484. The molecule has 0 radical (unpaired) electrons. The number of H-pyrrole nitrogens is 3. The van der Waals surface area contributed by atoms with Crippen LogP contribution in [0, 0.1) is 6.92 Å². The van der Waals surface area contributed by atoms with E-state index in [1.165, 1.54) is 4.57 Å². The van der Waals surface area contributed by atoms with E-state index in [2.05, 4.69) is 30.6 Å². The van der Waals surface area contributed by atoms with Gasteiger partial charge in [-0.25, -0.2) is 14.5 Å². The number of nitrogens with one attached hydrogen (secondary N) is 3. The lowest BCUT2D eigenvalue weighted by Crippen LogP contribution is -2.15. The van der Waals surface area contributed by atoms with Crippen LogP contribution >= 0.6 is 0 Å². The molecule has 0 aliphatic rings. The van der Waals surface area contributed by atoms with Crippen molar-refractivity contribution in [1.29, 1.82) is 0 Å². The summed E-state index contributed by atoms with van der Waals surface area (Å²) in [5.74, 6) is 0.493. The Bertz CT molecular complexity index is 1210. The average molecular weight is 361 g/mol. The Hall–Kier alpha value is -4.01. The zero-order valence-corrected chi connectivity index (χ0v) is 14.3. The standard InChI is InChI=1S/C18H15N7O2/c1-11-15(17(26)23-19-11)21-20-13-9-7-12(8-10-13)16-22-24-18(27)25(16)14-5-3-2-4-6-14/h2-10H,1H3,(H,24,27)(H2,19,23,26). The molecule has 27 heavy (non-hydrogen) atoms. The number of hydrogen-bond acceptors (Lipinski definition) is 5. The number of hydrogen-bond donors (Lipinski definition) is 3. The maximum Gasteiger partial charge on any atom is 0.348 e. The molecule has 0 aliphatic heterocycles. The summed E-state index contributed by atoms with van der Waals surface area (Å²) in [5.41, 5.74) is 2.25. The molecule has 0 bridgehead atoms. The van der Waals surface area contributed by atoms with Crippen LogP contribution in [0.5, 0.6) is 0 Å². The van der Waals surface area contributed by atoms with E-state index in [1.807, 2.05) is 30.3 Å². The van der Waals surface area contributed by atoms with Gasteiger partial charge in [-0.05, 0) is 43.3 Å². The molecule has 9 nitrogen and oxygen atoms in total. The van der Waals surface area contributed by atoms with Gasteiger partial charge >= 0.3 is 5.69 Å². The SMILES string of the molecule is Cc1[nH][nH]c(=O)c1N=Nc1ccc(-c2n[nH]c(=O)n2-c2ccccc2)cc1. The fourth-order valence-electron chi connectivity index (χ4n) is 2.65. The van der Waals surface area contributed by atoms with E-state index in [0.717, 1.165) is 11.3 Å². The van der Waals surface area contributed by atoms with Gasteiger partial charge in [0.15, 0.2) is 11.5 Å². The van der Waals surface area contributed by atoms with Crippen molar-refractivity contribution in [2.24, 2.45) is 10.2 Å². The summed E-state index contributed by atoms with van der Waals surface area (Å²) >= 11 is 0. The topological polar surface area (TPSA) is 124 Å². The number of rotatable bonds is 4. The number of aromatic amines is 3. The second kappa shape index (κ2) is 6.71. The Morgan fingerprint density at radius 3 is 2.33 bits per heavy atom. The molecule has 9 heteroatoms. The van der Waals surface area contributed by atoms with E-state index in [9.17, 15) is 9.59 Å². The lowest BCUT2D eigenvalue weighted by atomic mass is 10.2. The average Bonchev–Trinajstić information content (AvgIpc) is 3.23. The summed E-state index contributed by atoms with van der Waals surface area (Å²) in [6.45, 7) is 1.73. The van der Waals surface area contributed by atoms with Crippen LogP contribution in [0.4, 0.5) is 11.4 Å². The summed E-state index contributed by atoms with van der Waals surface area (Å²) in [5, 5.41) is 19.8. The Labute approximate surface area is 152 Å². The maximum atomic E-state index is 12.2. The second-order valence-corrected chi connectivity index (χ2v) is 5.82. The van der Waals surface area contributed by atoms with Crippen LogP contribution in [0.15, 0.2) is 74.4 Å². The highest BCUT2D eigenvalue weighted by atomic mass is 16.1. The second-order valence-electron chi connectivity index (χ2n) is 5.82. The van der Waals surface area contributed by atoms with Crippen LogP contribution in [0.3, 0.4) is 0 Å². The highest BCUT2D eigenvalue weighted by Crippen LogP contribution is 2.23. The van der Waals surface area contributed by atoms with Crippen LogP contribution in [0.1, 0.15) is 5.69 Å². The molecule has 3 N–H and O–H groups in total. The third-order valence-corrected chi connectivity index (χ3v) is 4.01. The number of nitrogens with zero attached hydrogens (tertiary/aromatic N) is 4. The molecule has 2 aromatic heterocycles. The van der Waals surface area contributed by atoms with Crippen molar-refractivity contribution in [3.8, 4) is 17.1 Å². The summed E-state index contributed by atoms with van der Waals surface area (Å²) in [6, 6.07) is 16.3. The third-order valence-electron chi connectivity index (χ3n) is 4.01. The van der Waals surface area contributed by atoms with Crippen molar-refractivity contribution in [3.05, 3.63) is 81.1 Å². The summed E-state index contributed by atoms with van der Waals surface area (Å²) in [4.78, 5) is 23.7. The Morgan fingerprint density at radius 1 is 0.926 bits per heavy atom. The Morgan fingerprint density at radius 2 is 1.67 bits per heavy atom. The van der Waals surface area contributed by atoms with E-state index in [0.29, 0.717) is 17.2 Å². The van der Waals surface area contributed by atoms with Gasteiger partial charge in [0, 0.05) is 5.56 Å². The molecular weight excluding hydrogens is 346 g/mol. The first-order valence-corrected chi connectivity index (χ1v) is 8.16. The highest BCUT2D eigenvalue weighted by molar-refractivity contribution is 5.60. The smallest absolute Gasteiger partial charge is 0.300 e. The number of aryl methyl sites for hydroxylation is 1. The molecule has 134 valence electrons. The van der Waals surface area contributed by atoms with E-state index in [-0.39, 0.29) is 16.9 Å². The van der Waals surface area contributed by atoms with Gasteiger partial charge in [-0.1, -0.05) is 18.2 Å². The third kappa shape index (κ3) is 3.13. The fourth-order valence-corrected chi connectivity index (χ4v) is 2.65. The van der Waals surface area contributed by atoms with Gasteiger partial charge < -0.3 is 5.10 Å². The van der Waals surface area contributed by atoms with Crippen molar-refractivity contribution in [2.75, 3.05) is 0 Å². The van der Waals surface area contributed by atoms with Crippen LogP contribution in [0.25, 0.3) is 17.1 Å². The molecule has 2 heterocycles. The van der Waals surface area contributed by atoms with Crippen LogP contribution in [-0.2, 0) is 0 Å². The molecule has 4 rings (SSSR count). The van der Waals surface area contributed by atoms with E-state index >= 15 is 0 Å². The summed E-state index contributed by atoms with van der Waals surface area (Å²) in [7, 11) is 0. The highest BCUT2D eigenvalue weighted by Gasteiger charge is 2.12. The van der Waals surface area contributed by atoms with Gasteiger partial charge in [-0.2, -0.15) is 10.2 Å². The van der Waals surface area contributed by atoms with Crippen molar-refractivity contribution in [3.63, 3.8) is 0 Å². The van der Waals surface area contributed by atoms with Gasteiger partial charge in [0.2, 0.25) is 0 Å². The minimum atomic E-state index is -0.323. The van der Waals surface area contributed by atoms with Crippen LogP contribution < -0.4 is 11.2 Å². The number of azo groups is 1. The fraction of sp³-hybridized carbons (Fsp3) is 0.0556. The van der Waals surface area contributed by atoms with Crippen molar-refractivity contribution >= 4 is 11.4 Å². The van der Waals surface area contributed by atoms with Crippen molar-refractivity contribution < 1.29 is 0 Å². The Balaban J connectivity index is 1.66. The predicted octanol–water partition coefficient (Wildman–Crippen LogP) is 2.97. The first kappa shape index (κ1) is 16.5. The lowest BCUT2D eigenvalue weighted by Gasteiger charge is -2.05. The van der Waals surface area contributed by atoms with Gasteiger partial charge in [0.1, 0.15) is 0 Å². The first-order valence-electron chi connectivity index (χ1n) is 8.16. The van der Waals surface area contributed by atoms with Gasteiger partial charge in [-0.15, -0.1) is 5.11 Å².